The van der Waals surface area contributed by atoms with E-state index in [1.54, 1.807) is 6.33 Å². The van der Waals surface area contributed by atoms with E-state index in [9.17, 15) is 0 Å². The highest BCUT2D eigenvalue weighted by atomic mass is 15.2. The summed E-state index contributed by atoms with van der Waals surface area (Å²) in [6, 6.07) is 0. The molecular formula is C13H21N7. The van der Waals surface area contributed by atoms with Gasteiger partial charge in [-0.15, -0.1) is 0 Å². The van der Waals surface area contributed by atoms with Crippen LogP contribution in [0.3, 0.4) is 0 Å². The van der Waals surface area contributed by atoms with E-state index in [-0.39, 0.29) is 0 Å². The molecule has 2 aromatic rings. The Morgan fingerprint density at radius 2 is 2.35 bits per heavy atom. The van der Waals surface area contributed by atoms with Gasteiger partial charge in [0.25, 0.3) is 0 Å². The van der Waals surface area contributed by atoms with Crippen LogP contribution in [0.4, 0.5) is 11.8 Å². The summed E-state index contributed by atoms with van der Waals surface area (Å²) in [4.78, 5) is 20.9. The quantitative estimate of drug-likeness (QED) is 0.859. The summed E-state index contributed by atoms with van der Waals surface area (Å²) < 4.78 is 0. The normalized spacial score (nSPS) is 19.6. The minimum absolute atomic E-state index is 0.606. The SMILES string of the molecule is CNc1nc(N(C)CC2CCN(C)C2)c2[nH]cnc2n1. The molecule has 0 radical (unpaired) electrons. The first-order chi connectivity index (χ1) is 9.67. The highest BCUT2D eigenvalue weighted by Gasteiger charge is 2.22. The molecule has 2 N–H and O–H groups in total. The van der Waals surface area contributed by atoms with Crippen molar-refractivity contribution in [2.75, 3.05) is 51.0 Å². The van der Waals surface area contributed by atoms with Gasteiger partial charge in [-0.05, 0) is 25.9 Å². The van der Waals surface area contributed by atoms with Crippen molar-refractivity contribution in [2.45, 2.75) is 6.42 Å². The predicted molar refractivity (Wildman–Crippen MR) is 80.1 cm³/mol. The molecule has 1 aliphatic heterocycles. The molecule has 7 nitrogen and oxygen atoms in total. The van der Waals surface area contributed by atoms with Crippen molar-refractivity contribution in [3.05, 3.63) is 6.33 Å². The number of likely N-dealkylation sites (tertiary alicyclic amines) is 1. The van der Waals surface area contributed by atoms with Crippen LogP contribution >= 0.6 is 0 Å². The molecule has 2 aromatic heterocycles. The van der Waals surface area contributed by atoms with Crippen LogP contribution in [-0.4, -0.2) is 65.6 Å². The summed E-state index contributed by atoms with van der Waals surface area (Å²) in [7, 11) is 6.08. The van der Waals surface area contributed by atoms with Gasteiger partial charge in [-0.3, -0.25) is 0 Å². The molecule has 1 atom stereocenters. The van der Waals surface area contributed by atoms with E-state index in [0.717, 1.165) is 24.4 Å². The first-order valence-corrected chi connectivity index (χ1v) is 6.96. The molecule has 3 heterocycles. The molecule has 0 bridgehead atoms. The van der Waals surface area contributed by atoms with Gasteiger partial charge in [0.15, 0.2) is 11.5 Å². The van der Waals surface area contributed by atoms with Gasteiger partial charge in [-0.25, -0.2) is 4.98 Å². The number of anilines is 2. The van der Waals surface area contributed by atoms with Crippen molar-refractivity contribution >= 4 is 22.9 Å². The van der Waals surface area contributed by atoms with Gasteiger partial charge in [-0.1, -0.05) is 0 Å². The maximum Gasteiger partial charge on any atom is 0.226 e. The average Bonchev–Trinajstić information content (AvgIpc) is 3.06. The van der Waals surface area contributed by atoms with Crippen molar-refractivity contribution in [1.29, 1.82) is 0 Å². The Morgan fingerprint density at radius 3 is 3.05 bits per heavy atom. The molecule has 7 heteroatoms. The van der Waals surface area contributed by atoms with E-state index in [4.69, 9.17) is 0 Å². The van der Waals surface area contributed by atoms with Gasteiger partial charge in [0, 0.05) is 27.2 Å². The van der Waals surface area contributed by atoms with Gasteiger partial charge >= 0.3 is 0 Å². The third kappa shape index (κ3) is 2.40. The first kappa shape index (κ1) is 13.1. The van der Waals surface area contributed by atoms with E-state index in [0.29, 0.717) is 17.5 Å². The molecule has 0 amide bonds. The van der Waals surface area contributed by atoms with Crippen LogP contribution in [0.1, 0.15) is 6.42 Å². The van der Waals surface area contributed by atoms with Gasteiger partial charge in [0.05, 0.1) is 6.33 Å². The van der Waals surface area contributed by atoms with Crippen molar-refractivity contribution in [1.82, 2.24) is 24.8 Å². The second kappa shape index (κ2) is 5.24. The standard InChI is InChI=1S/C13H21N7/c1-14-13-17-11-10(15-8-16-11)12(18-13)20(3)7-9-4-5-19(2)6-9/h8-9H,4-7H2,1-3H3,(H2,14,15,16,17,18). The maximum atomic E-state index is 4.57. The van der Waals surface area contributed by atoms with Crippen molar-refractivity contribution < 1.29 is 0 Å². The third-order valence-corrected chi connectivity index (χ3v) is 3.87. The van der Waals surface area contributed by atoms with E-state index in [1.165, 1.54) is 13.0 Å². The fraction of sp³-hybridized carbons (Fsp3) is 0.615. The summed E-state index contributed by atoms with van der Waals surface area (Å²) in [6.07, 6.45) is 2.91. The molecule has 1 unspecified atom stereocenters. The van der Waals surface area contributed by atoms with Crippen LogP contribution in [0.2, 0.25) is 0 Å². The second-order valence-electron chi connectivity index (χ2n) is 5.52. The number of fused-ring (bicyclic) bond motifs is 1. The number of hydrogen-bond donors (Lipinski definition) is 2. The zero-order valence-electron chi connectivity index (χ0n) is 12.2. The third-order valence-electron chi connectivity index (χ3n) is 3.87. The smallest absolute Gasteiger partial charge is 0.226 e. The molecule has 0 spiro atoms. The first-order valence-electron chi connectivity index (χ1n) is 6.96. The van der Waals surface area contributed by atoms with Gasteiger partial charge in [-0.2, -0.15) is 9.97 Å². The summed E-state index contributed by atoms with van der Waals surface area (Å²) in [5, 5.41) is 2.99. The summed E-state index contributed by atoms with van der Waals surface area (Å²) in [5.74, 6) is 2.21. The highest BCUT2D eigenvalue weighted by Crippen LogP contribution is 2.24. The van der Waals surface area contributed by atoms with Gasteiger partial charge in [0.2, 0.25) is 5.95 Å². The Bertz CT molecular complexity index is 593. The lowest BCUT2D eigenvalue weighted by atomic mass is 10.1. The number of hydrogen-bond acceptors (Lipinski definition) is 6. The van der Waals surface area contributed by atoms with E-state index >= 15 is 0 Å². The Hall–Kier alpha value is -1.89. The van der Waals surface area contributed by atoms with Crippen molar-refractivity contribution in [2.24, 2.45) is 5.92 Å². The van der Waals surface area contributed by atoms with Crippen LogP contribution in [-0.2, 0) is 0 Å². The Kier molecular flexibility index (Phi) is 3.43. The largest absolute Gasteiger partial charge is 0.357 e. The second-order valence-corrected chi connectivity index (χ2v) is 5.52. The number of aromatic nitrogens is 4. The van der Waals surface area contributed by atoms with Crippen LogP contribution in [0.5, 0.6) is 0 Å². The molecule has 0 saturated carbocycles. The monoisotopic (exact) mass is 275 g/mol. The maximum absolute atomic E-state index is 4.57. The number of rotatable bonds is 4. The minimum Gasteiger partial charge on any atom is -0.357 e. The highest BCUT2D eigenvalue weighted by molar-refractivity contribution is 5.84. The van der Waals surface area contributed by atoms with E-state index in [2.05, 4.69) is 49.1 Å². The lowest BCUT2D eigenvalue weighted by Crippen LogP contribution is -2.28. The van der Waals surface area contributed by atoms with Crippen molar-refractivity contribution in [3.8, 4) is 0 Å². The summed E-state index contributed by atoms with van der Waals surface area (Å²) >= 11 is 0. The van der Waals surface area contributed by atoms with Gasteiger partial charge in [0.1, 0.15) is 5.52 Å². The number of aromatic amines is 1. The molecular weight excluding hydrogens is 254 g/mol. The van der Waals surface area contributed by atoms with Gasteiger partial charge < -0.3 is 20.1 Å². The zero-order chi connectivity index (χ0) is 14.1. The Balaban J connectivity index is 1.86. The van der Waals surface area contributed by atoms with Crippen LogP contribution in [0, 0.1) is 5.92 Å². The fourth-order valence-electron chi connectivity index (χ4n) is 2.86. The summed E-state index contributed by atoms with van der Waals surface area (Å²) in [6.45, 7) is 3.34. The Labute approximate surface area is 118 Å². The molecule has 1 fully saturated rings. The van der Waals surface area contributed by atoms with Crippen LogP contribution < -0.4 is 10.2 Å². The lowest BCUT2D eigenvalue weighted by Gasteiger charge is -2.22. The molecule has 1 saturated heterocycles. The fourth-order valence-corrected chi connectivity index (χ4v) is 2.86. The molecule has 108 valence electrons. The predicted octanol–water partition coefficient (Wildman–Crippen LogP) is 0.782. The van der Waals surface area contributed by atoms with Crippen LogP contribution in [0.15, 0.2) is 6.33 Å². The zero-order valence-corrected chi connectivity index (χ0v) is 12.2. The molecule has 3 rings (SSSR count). The number of imidazole rings is 1. The molecule has 1 aliphatic rings. The minimum atomic E-state index is 0.606. The van der Waals surface area contributed by atoms with Crippen LogP contribution in [0.25, 0.3) is 11.2 Å². The lowest BCUT2D eigenvalue weighted by molar-refractivity contribution is 0.395. The topological polar surface area (TPSA) is 73.0 Å². The summed E-state index contributed by atoms with van der Waals surface area (Å²) in [5.41, 5.74) is 1.60. The van der Waals surface area contributed by atoms with E-state index < -0.39 is 0 Å². The van der Waals surface area contributed by atoms with Crippen molar-refractivity contribution in [3.63, 3.8) is 0 Å². The number of nitrogens with zero attached hydrogens (tertiary/aromatic N) is 5. The number of H-pyrrole nitrogens is 1. The van der Waals surface area contributed by atoms with E-state index in [1.807, 2.05) is 7.05 Å². The molecule has 20 heavy (non-hydrogen) atoms. The molecule has 0 aliphatic carbocycles. The molecule has 0 aromatic carbocycles. The average molecular weight is 275 g/mol. The Morgan fingerprint density at radius 1 is 1.50 bits per heavy atom. The number of nitrogens with one attached hydrogen (secondary N) is 2.